The third-order valence-electron chi connectivity index (χ3n) is 3.60. The third kappa shape index (κ3) is 4.70. The molecule has 2 rings (SSSR count). The molecule has 0 spiro atoms. The third-order valence-corrected chi connectivity index (χ3v) is 3.60. The number of rotatable bonds is 3. The second-order valence-electron chi connectivity index (χ2n) is 6.56. The number of carbonyl (C=O) groups excluding carboxylic acids is 1. The van der Waals surface area contributed by atoms with Crippen LogP contribution in [0, 0.1) is 0 Å². The predicted molar refractivity (Wildman–Crippen MR) is 82.0 cm³/mol. The van der Waals surface area contributed by atoms with Crippen LogP contribution in [0.5, 0.6) is 0 Å². The van der Waals surface area contributed by atoms with Crippen molar-refractivity contribution < 1.29 is 9.53 Å². The summed E-state index contributed by atoms with van der Waals surface area (Å²) < 4.78 is 5.30. The summed E-state index contributed by atoms with van der Waals surface area (Å²) in [5, 5.41) is 2.95. The highest BCUT2D eigenvalue weighted by molar-refractivity contribution is 5.68. The lowest BCUT2D eigenvalue weighted by Gasteiger charge is -2.24. The lowest BCUT2D eigenvalue weighted by atomic mass is 10.2. The Morgan fingerprint density at radius 2 is 2.24 bits per heavy atom. The summed E-state index contributed by atoms with van der Waals surface area (Å²) in [5.41, 5.74) is 0.610. The van der Waals surface area contributed by atoms with Gasteiger partial charge in [0.2, 0.25) is 0 Å². The van der Waals surface area contributed by atoms with Crippen molar-refractivity contribution in [3.63, 3.8) is 0 Å². The van der Waals surface area contributed by atoms with E-state index in [0.717, 1.165) is 25.2 Å². The Labute approximate surface area is 126 Å². The fourth-order valence-electron chi connectivity index (χ4n) is 2.54. The lowest BCUT2D eigenvalue weighted by Crippen LogP contribution is -2.40. The van der Waals surface area contributed by atoms with Crippen LogP contribution in [0.15, 0.2) is 24.4 Å². The maximum absolute atomic E-state index is 11.8. The molecule has 2 atom stereocenters. The number of carbonyl (C=O) groups is 1. The van der Waals surface area contributed by atoms with Gasteiger partial charge in [-0.25, -0.2) is 4.79 Å². The Kier molecular flexibility index (Phi) is 4.83. The standard InChI is InChI=1S/C16H25N3O2/c1-12(14-7-5-6-9-17-14)19-10-8-13(11-19)18-15(20)21-16(2,3)4/h5-7,9,12-13H,8,10-11H2,1-4H3,(H,18,20). The molecule has 0 aromatic carbocycles. The van der Waals surface area contributed by atoms with Gasteiger partial charge in [0.05, 0.1) is 5.69 Å². The molecule has 0 bridgehead atoms. The van der Waals surface area contributed by atoms with Gasteiger partial charge in [-0.2, -0.15) is 0 Å². The quantitative estimate of drug-likeness (QED) is 0.930. The maximum atomic E-state index is 11.8. The normalized spacial score (nSPS) is 21.0. The Hall–Kier alpha value is -1.62. The molecule has 2 unspecified atom stereocenters. The summed E-state index contributed by atoms with van der Waals surface area (Å²) in [6.07, 6.45) is 2.43. The number of likely N-dealkylation sites (tertiary alicyclic amines) is 1. The molecule has 1 N–H and O–H groups in total. The van der Waals surface area contributed by atoms with E-state index in [1.54, 1.807) is 0 Å². The first kappa shape index (κ1) is 15.8. The lowest BCUT2D eigenvalue weighted by molar-refractivity contribution is 0.0504. The molecule has 1 aromatic rings. The molecule has 1 saturated heterocycles. The van der Waals surface area contributed by atoms with Crippen molar-refractivity contribution in [1.29, 1.82) is 0 Å². The van der Waals surface area contributed by atoms with Crippen molar-refractivity contribution in [2.45, 2.75) is 51.8 Å². The summed E-state index contributed by atoms with van der Waals surface area (Å²) in [5.74, 6) is 0. The van der Waals surface area contributed by atoms with Gasteiger partial charge in [0.25, 0.3) is 0 Å². The molecule has 1 fully saturated rings. The minimum Gasteiger partial charge on any atom is -0.444 e. The molecule has 0 saturated carbocycles. The zero-order valence-corrected chi connectivity index (χ0v) is 13.3. The summed E-state index contributed by atoms with van der Waals surface area (Å²) in [4.78, 5) is 18.5. The van der Waals surface area contributed by atoms with Gasteiger partial charge < -0.3 is 10.1 Å². The Morgan fingerprint density at radius 1 is 1.48 bits per heavy atom. The number of aromatic nitrogens is 1. The molecule has 1 amide bonds. The number of amides is 1. The van der Waals surface area contributed by atoms with E-state index in [-0.39, 0.29) is 18.2 Å². The second-order valence-corrected chi connectivity index (χ2v) is 6.56. The van der Waals surface area contributed by atoms with E-state index >= 15 is 0 Å². The van der Waals surface area contributed by atoms with E-state index in [2.05, 4.69) is 22.1 Å². The van der Waals surface area contributed by atoms with Crippen molar-refractivity contribution in [2.24, 2.45) is 0 Å². The topological polar surface area (TPSA) is 54.5 Å². The Bertz CT molecular complexity index is 470. The van der Waals surface area contributed by atoms with Crippen LogP contribution >= 0.6 is 0 Å². The van der Waals surface area contributed by atoms with Crippen molar-refractivity contribution in [3.05, 3.63) is 30.1 Å². The Balaban J connectivity index is 1.85. The molecule has 5 heteroatoms. The summed E-state index contributed by atoms with van der Waals surface area (Å²) in [6, 6.07) is 6.38. The zero-order chi connectivity index (χ0) is 15.5. The number of nitrogens with zero attached hydrogens (tertiary/aromatic N) is 2. The van der Waals surface area contributed by atoms with Gasteiger partial charge in [-0.15, -0.1) is 0 Å². The van der Waals surface area contributed by atoms with Crippen LogP contribution in [-0.4, -0.2) is 40.7 Å². The highest BCUT2D eigenvalue weighted by atomic mass is 16.6. The van der Waals surface area contributed by atoms with Gasteiger partial charge in [0.15, 0.2) is 0 Å². The van der Waals surface area contributed by atoms with Gasteiger partial charge in [-0.3, -0.25) is 9.88 Å². The van der Waals surface area contributed by atoms with E-state index in [1.165, 1.54) is 0 Å². The van der Waals surface area contributed by atoms with Crippen molar-refractivity contribution in [2.75, 3.05) is 13.1 Å². The molecule has 21 heavy (non-hydrogen) atoms. The molecule has 1 aliphatic rings. The van der Waals surface area contributed by atoms with Crippen LogP contribution in [0.3, 0.4) is 0 Å². The first-order chi connectivity index (χ1) is 9.85. The smallest absolute Gasteiger partial charge is 0.407 e. The van der Waals surface area contributed by atoms with Gasteiger partial charge in [0, 0.05) is 31.4 Å². The number of hydrogen-bond donors (Lipinski definition) is 1. The van der Waals surface area contributed by atoms with Crippen LogP contribution in [-0.2, 0) is 4.74 Å². The van der Waals surface area contributed by atoms with Gasteiger partial charge in [-0.1, -0.05) is 6.07 Å². The van der Waals surface area contributed by atoms with Crippen molar-refractivity contribution in [1.82, 2.24) is 15.2 Å². The first-order valence-corrected chi connectivity index (χ1v) is 7.49. The SMILES string of the molecule is CC(c1ccccn1)N1CCC(NC(=O)OC(C)(C)C)C1. The maximum Gasteiger partial charge on any atom is 0.407 e. The van der Waals surface area contributed by atoms with Crippen LogP contribution in [0.2, 0.25) is 0 Å². The molecule has 2 heterocycles. The van der Waals surface area contributed by atoms with E-state index in [4.69, 9.17) is 4.74 Å². The van der Waals surface area contributed by atoms with Crippen molar-refractivity contribution >= 4 is 6.09 Å². The molecule has 0 aliphatic carbocycles. The summed E-state index contributed by atoms with van der Waals surface area (Å²) >= 11 is 0. The van der Waals surface area contributed by atoms with Crippen LogP contribution in [0.1, 0.15) is 45.9 Å². The minimum atomic E-state index is -0.455. The number of pyridine rings is 1. The molecule has 1 aromatic heterocycles. The predicted octanol–water partition coefficient (Wildman–Crippen LogP) is 2.74. The van der Waals surface area contributed by atoms with Crippen molar-refractivity contribution in [3.8, 4) is 0 Å². The van der Waals surface area contributed by atoms with E-state index < -0.39 is 5.60 Å². The molecule has 116 valence electrons. The van der Waals surface area contributed by atoms with Gasteiger partial charge >= 0.3 is 6.09 Å². The summed E-state index contributed by atoms with van der Waals surface area (Å²) in [6.45, 7) is 9.55. The fraction of sp³-hybridized carbons (Fsp3) is 0.625. The van der Waals surface area contributed by atoms with Crippen LogP contribution < -0.4 is 5.32 Å². The average Bonchev–Trinajstić information content (AvgIpc) is 2.85. The molecule has 1 aliphatic heterocycles. The number of nitrogens with one attached hydrogen (secondary N) is 1. The van der Waals surface area contributed by atoms with E-state index in [0.29, 0.717) is 0 Å². The fourth-order valence-corrected chi connectivity index (χ4v) is 2.54. The molecular weight excluding hydrogens is 266 g/mol. The minimum absolute atomic E-state index is 0.144. The van der Waals surface area contributed by atoms with Crippen LogP contribution in [0.25, 0.3) is 0 Å². The van der Waals surface area contributed by atoms with Gasteiger partial charge in [-0.05, 0) is 46.2 Å². The van der Waals surface area contributed by atoms with E-state index in [1.807, 2.05) is 45.2 Å². The van der Waals surface area contributed by atoms with Gasteiger partial charge in [0.1, 0.15) is 5.60 Å². The zero-order valence-electron chi connectivity index (χ0n) is 13.3. The Morgan fingerprint density at radius 3 is 2.86 bits per heavy atom. The molecule has 0 radical (unpaired) electrons. The highest BCUT2D eigenvalue weighted by Crippen LogP contribution is 2.23. The summed E-state index contributed by atoms with van der Waals surface area (Å²) in [7, 11) is 0. The largest absolute Gasteiger partial charge is 0.444 e. The first-order valence-electron chi connectivity index (χ1n) is 7.49. The molecule has 5 nitrogen and oxygen atoms in total. The highest BCUT2D eigenvalue weighted by Gasteiger charge is 2.29. The number of alkyl carbamates (subject to hydrolysis) is 1. The molecular formula is C16H25N3O2. The van der Waals surface area contributed by atoms with E-state index in [9.17, 15) is 4.79 Å². The second kappa shape index (κ2) is 6.43. The monoisotopic (exact) mass is 291 g/mol. The average molecular weight is 291 g/mol. The number of hydrogen-bond acceptors (Lipinski definition) is 4. The number of ether oxygens (including phenoxy) is 1. The van der Waals surface area contributed by atoms with Crippen LogP contribution in [0.4, 0.5) is 4.79 Å².